The predicted molar refractivity (Wildman–Crippen MR) is 69.0 cm³/mol. The summed E-state index contributed by atoms with van der Waals surface area (Å²) < 4.78 is 0. The lowest BCUT2D eigenvalue weighted by Gasteiger charge is -2.17. The summed E-state index contributed by atoms with van der Waals surface area (Å²) >= 11 is 0. The number of para-hydroxylation sites is 1. The first-order valence-electron chi connectivity index (χ1n) is 5.42. The Morgan fingerprint density at radius 2 is 2.05 bits per heavy atom. The summed E-state index contributed by atoms with van der Waals surface area (Å²) in [6.07, 6.45) is 0. The molecule has 98 valence electrons. The maximum absolute atomic E-state index is 11.2. The average Bonchev–Trinajstić information content (AvgIpc) is 2.87. The maximum Gasteiger partial charge on any atom is 0.353 e. The van der Waals surface area contributed by atoms with E-state index >= 15 is 0 Å². The van der Waals surface area contributed by atoms with Gasteiger partial charge in [0.1, 0.15) is 5.69 Å². The maximum atomic E-state index is 11.2. The smallest absolute Gasteiger partial charge is 0.353 e. The Labute approximate surface area is 108 Å². The van der Waals surface area contributed by atoms with Crippen LogP contribution in [0.25, 0.3) is 11.3 Å². The van der Waals surface area contributed by atoms with E-state index in [0.717, 1.165) is 0 Å². The van der Waals surface area contributed by atoms with E-state index in [1.165, 1.54) is 18.0 Å². The molecule has 0 spiro atoms. The summed E-state index contributed by atoms with van der Waals surface area (Å²) in [5.74, 6) is -1.10. The number of anilines is 1. The van der Waals surface area contributed by atoms with Crippen LogP contribution in [0.1, 0.15) is 10.5 Å². The second kappa shape index (κ2) is 4.81. The topological polar surface area (TPSA) is 112 Å². The Bertz CT molecular complexity index is 635. The van der Waals surface area contributed by atoms with Gasteiger partial charge in [-0.2, -0.15) is 5.10 Å². The van der Waals surface area contributed by atoms with E-state index in [2.05, 4.69) is 10.2 Å². The van der Waals surface area contributed by atoms with Gasteiger partial charge in [0.05, 0.1) is 11.4 Å². The van der Waals surface area contributed by atoms with Gasteiger partial charge in [-0.3, -0.25) is 10.00 Å². The number of amides is 2. The second-order valence-electron chi connectivity index (χ2n) is 3.89. The number of nitrogens with zero attached hydrogens (tertiary/aromatic N) is 2. The standard InChI is InChI=1S/C12H12N4O3/c1-16(12(13)19)10-5-3-2-4-7(10)8-6-9(11(17)18)15-14-8/h2-6H,1H3,(H2,13,19)(H,14,15)(H,17,18). The van der Waals surface area contributed by atoms with Crippen LogP contribution in [0.4, 0.5) is 10.5 Å². The first kappa shape index (κ1) is 12.6. The molecule has 2 amide bonds. The van der Waals surface area contributed by atoms with Gasteiger partial charge in [-0.25, -0.2) is 9.59 Å². The number of nitrogens with two attached hydrogens (primary N) is 1. The van der Waals surface area contributed by atoms with E-state index in [0.29, 0.717) is 16.9 Å². The molecule has 7 heteroatoms. The average molecular weight is 260 g/mol. The summed E-state index contributed by atoms with van der Waals surface area (Å²) in [6, 6.07) is 7.75. The molecular weight excluding hydrogens is 248 g/mol. The van der Waals surface area contributed by atoms with Crippen LogP contribution >= 0.6 is 0 Å². The summed E-state index contributed by atoms with van der Waals surface area (Å²) in [5, 5.41) is 15.2. The first-order valence-corrected chi connectivity index (χ1v) is 5.42. The lowest BCUT2D eigenvalue weighted by molar-refractivity contribution is 0.0690. The Morgan fingerprint density at radius 1 is 1.37 bits per heavy atom. The molecule has 1 aromatic heterocycles. The number of carboxylic acid groups (broad SMARTS) is 1. The van der Waals surface area contributed by atoms with Crippen LogP contribution in [0.15, 0.2) is 30.3 Å². The normalized spacial score (nSPS) is 10.2. The van der Waals surface area contributed by atoms with Gasteiger partial charge in [0.2, 0.25) is 0 Å². The molecule has 0 radical (unpaired) electrons. The quantitative estimate of drug-likeness (QED) is 0.771. The number of rotatable bonds is 3. The van der Waals surface area contributed by atoms with Crippen LogP contribution in [0.5, 0.6) is 0 Å². The van der Waals surface area contributed by atoms with Gasteiger partial charge in [0.15, 0.2) is 0 Å². The number of hydrogen-bond acceptors (Lipinski definition) is 3. The van der Waals surface area contributed by atoms with Crippen molar-refractivity contribution in [2.24, 2.45) is 5.73 Å². The van der Waals surface area contributed by atoms with Crippen LogP contribution in [0, 0.1) is 0 Å². The molecule has 1 aromatic carbocycles. The van der Waals surface area contributed by atoms with Gasteiger partial charge in [-0.05, 0) is 12.1 Å². The molecule has 0 aliphatic heterocycles. The van der Waals surface area contributed by atoms with Crippen molar-refractivity contribution in [1.29, 1.82) is 0 Å². The summed E-state index contributed by atoms with van der Waals surface area (Å²) in [6.45, 7) is 0. The Kier molecular flexibility index (Phi) is 3.19. The molecule has 19 heavy (non-hydrogen) atoms. The summed E-state index contributed by atoms with van der Waals surface area (Å²) in [7, 11) is 1.53. The van der Waals surface area contributed by atoms with E-state index in [-0.39, 0.29) is 5.69 Å². The second-order valence-corrected chi connectivity index (χ2v) is 3.89. The molecule has 0 aliphatic carbocycles. The van der Waals surface area contributed by atoms with Crippen LogP contribution in [0.3, 0.4) is 0 Å². The lowest BCUT2D eigenvalue weighted by atomic mass is 10.1. The Hall–Kier alpha value is -2.83. The molecule has 2 aromatic rings. The number of aromatic carboxylic acids is 1. The molecule has 0 saturated heterocycles. The van der Waals surface area contributed by atoms with Crippen molar-refractivity contribution in [3.05, 3.63) is 36.0 Å². The van der Waals surface area contributed by atoms with Crippen LogP contribution in [0.2, 0.25) is 0 Å². The highest BCUT2D eigenvalue weighted by Gasteiger charge is 2.16. The summed E-state index contributed by atoms with van der Waals surface area (Å²) in [4.78, 5) is 23.3. The fraction of sp³-hybridized carbons (Fsp3) is 0.0833. The third kappa shape index (κ3) is 2.39. The van der Waals surface area contributed by atoms with E-state index in [4.69, 9.17) is 10.8 Å². The highest BCUT2D eigenvalue weighted by atomic mass is 16.4. The minimum atomic E-state index is -1.10. The molecule has 0 saturated carbocycles. The van der Waals surface area contributed by atoms with Gasteiger partial charge in [-0.15, -0.1) is 0 Å². The molecule has 7 nitrogen and oxygen atoms in total. The number of carbonyl (C=O) groups is 2. The molecule has 0 bridgehead atoms. The number of aromatic amines is 1. The van der Waals surface area contributed by atoms with E-state index in [9.17, 15) is 9.59 Å². The number of H-pyrrole nitrogens is 1. The Balaban J connectivity index is 2.49. The molecular formula is C12H12N4O3. The van der Waals surface area contributed by atoms with Crippen LogP contribution in [-0.2, 0) is 0 Å². The van der Waals surface area contributed by atoms with Crippen LogP contribution in [-0.4, -0.2) is 34.4 Å². The van der Waals surface area contributed by atoms with Crippen molar-refractivity contribution >= 4 is 17.7 Å². The molecule has 1 heterocycles. The van der Waals surface area contributed by atoms with Gasteiger partial charge in [0, 0.05) is 12.6 Å². The molecule has 0 atom stereocenters. The number of nitrogens with one attached hydrogen (secondary N) is 1. The van der Waals surface area contributed by atoms with E-state index < -0.39 is 12.0 Å². The van der Waals surface area contributed by atoms with Crippen molar-refractivity contribution in [3.63, 3.8) is 0 Å². The first-order chi connectivity index (χ1) is 9.00. The van der Waals surface area contributed by atoms with Gasteiger partial charge in [0.25, 0.3) is 0 Å². The fourth-order valence-corrected chi connectivity index (χ4v) is 1.67. The van der Waals surface area contributed by atoms with Gasteiger partial charge in [-0.1, -0.05) is 18.2 Å². The number of urea groups is 1. The highest BCUT2D eigenvalue weighted by Crippen LogP contribution is 2.29. The van der Waals surface area contributed by atoms with Crippen molar-refractivity contribution in [3.8, 4) is 11.3 Å². The number of carbonyl (C=O) groups excluding carboxylic acids is 1. The highest BCUT2D eigenvalue weighted by molar-refractivity contribution is 5.95. The predicted octanol–water partition coefficient (Wildman–Crippen LogP) is 1.29. The minimum Gasteiger partial charge on any atom is -0.477 e. The number of carboxylic acids is 1. The van der Waals surface area contributed by atoms with Crippen LogP contribution < -0.4 is 10.6 Å². The largest absolute Gasteiger partial charge is 0.477 e. The van der Waals surface area contributed by atoms with Gasteiger partial charge >= 0.3 is 12.0 Å². The molecule has 0 unspecified atom stereocenters. The van der Waals surface area contributed by atoms with Crippen molar-refractivity contribution in [2.45, 2.75) is 0 Å². The van der Waals surface area contributed by atoms with Crippen molar-refractivity contribution in [1.82, 2.24) is 10.2 Å². The summed E-state index contributed by atoms with van der Waals surface area (Å²) in [5.41, 5.74) is 6.82. The Morgan fingerprint density at radius 3 is 2.63 bits per heavy atom. The van der Waals surface area contributed by atoms with E-state index in [1.54, 1.807) is 24.3 Å². The monoisotopic (exact) mass is 260 g/mol. The number of benzene rings is 1. The number of hydrogen-bond donors (Lipinski definition) is 3. The lowest BCUT2D eigenvalue weighted by Crippen LogP contribution is -2.32. The number of aromatic nitrogens is 2. The molecule has 2 rings (SSSR count). The molecule has 0 fully saturated rings. The van der Waals surface area contributed by atoms with Gasteiger partial charge < -0.3 is 10.8 Å². The zero-order valence-electron chi connectivity index (χ0n) is 10.1. The fourth-order valence-electron chi connectivity index (χ4n) is 1.67. The number of primary amides is 1. The molecule has 0 aliphatic rings. The minimum absolute atomic E-state index is 0.0217. The van der Waals surface area contributed by atoms with Crippen molar-refractivity contribution in [2.75, 3.05) is 11.9 Å². The SMILES string of the molecule is CN(C(N)=O)c1ccccc1-c1cc(C(=O)O)[nH]n1. The zero-order valence-corrected chi connectivity index (χ0v) is 10.1. The zero-order chi connectivity index (χ0) is 14.0. The van der Waals surface area contributed by atoms with Crippen molar-refractivity contribution < 1.29 is 14.7 Å². The third-order valence-corrected chi connectivity index (χ3v) is 2.68. The van der Waals surface area contributed by atoms with E-state index in [1.807, 2.05) is 0 Å². The molecule has 4 N–H and O–H groups in total. The third-order valence-electron chi connectivity index (χ3n) is 2.68.